The van der Waals surface area contributed by atoms with Crippen molar-refractivity contribution in [2.24, 2.45) is 0 Å². The highest BCUT2D eigenvalue weighted by molar-refractivity contribution is 5.36. The summed E-state index contributed by atoms with van der Waals surface area (Å²) in [6.45, 7) is 7.51. The van der Waals surface area contributed by atoms with Gasteiger partial charge in [0.25, 0.3) is 5.89 Å². The fourth-order valence-corrected chi connectivity index (χ4v) is 3.69. The fraction of sp³-hybridized carbons (Fsp3) is 0.579. The van der Waals surface area contributed by atoms with E-state index in [1.807, 2.05) is 12.1 Å². The van der Waals surface area contributed by atoms with Crippen LogP contribution in [0.5, 0.6) is 0 Å². The third kappa shape index (κ3) is 2.56. The lowest BCUT2D eigenvalue weighted by Gasteiger charge is -2.46. The molecule has 2 heterocycles. The van der Waals surface area contributed by atoms with Crippen molar-refractivity contribution in [3.63, 3.8) is 0 Å². The molecule has 1 unspecified atom stereocenters. The standard InChI is InChI=1S/C19H24N2O3/c1-13-7-4-5-8-14(13)18(2,3)17-20-16(24-21-17)15-11-22-12-19(23-15)9-6-10-19/h4-5,7-8,15H,6,9-12H2,1-3H3. The van der Waals surface area contributed by atoms with Gasteiger partial charge in [-0.3, -0.25) is 0 Å². The minimum Gasteiger partial charge on any atom is -0.375 e. The molecule has 1 saturated carbocycles. The Morgan fingerprint density at radius 1 is 1.21 bits per heavy atom. The lowest BCUT2D eigenvalue weighted by Crippen LogP contribution is -2.49. The van der Waals surface area contributed by atoms with Crippen molar-refractivity contribution >= 4 is 0 Å². The fourth-order valence-electron chi connectivity index (χ4n) is 3.69. The molecule has 1 aromatic heterocycles. The van der Waals surface area contributed by atoms with Crippen LogP contribution in [0.15, 0.2) is 28.8 Å². The summed E-state index contributed by atoms with van der Waals surface area (Å²) in [7, 11) is 0. The van der Waals surface area contributed by atoms with Gasteiger partial charge in [-0.1, -0.05) is 29.4 Å². The molecule has 1 aliphatic carbocycles. The van der Waals surface area contributed by atoms with Crippen molar-refractivity contribution in [2.75, 3.05) is 13.2 Å². The molecular weight excluding hydrogens is 304 g/mol. The van der Waals surface area contributed by atoms with Crippen molar-refractivity contribution in [3.8, 4) is 0 Å². The summed E-state index contributed by atoms with van der Waals surface area (Å²) < 4.78 is 17.5. The second kappa shape index (κ2) is 5.67. The molecule has 1 atom stereocenters. The highest BCUT2D eigenvalue weighted by Gasteiger charge is 2.45. The molecule has 2 fully saturated rings. The lowest BCUT2D eigenvalue weighted by atomic mass is 9.80. The van der Waals surface area contributed by atoms with Crippen LogP contribution in [0, 0.1) is 6.92 Å². The van der Waals surface area contributed by atoms with Crippen molar-refractivity contribution in [1.82, 2.24) is 10.1 Å². The molecule has 0 bridgehead atoms. The number of aryl methyl sites for hydroxylation is 1. The second-order valence-corrected chi connectivity index (χ2v) is 7.55. The van der Waals surface area contributed by atoms with E-state index in [-0.39, 0.29) is 17.1 Å². The van der Waals surface area contributed by atoms with Gasteiger partial charge >= 0.3 is 0 Å². The zero-order valence-electron chi connectivity index (χ0n) is 14.5. The van der Waals surface area contributed by atoms with Crippen LogP contribution in [0.1, 0.15) is 62.1 Å². The van der Waals surface area contributed by atoms with Crippen LogP contribution in [0.3, 0.4) is 0 Å². The molecule has 0 amide bonds. The van der Waals surface area contributed by atoms with E-state index in [2.05, 4.69) is 43.0 Å². The molecule has 4 rings (SSSR count). The van der Waals surface area contributed by atoms with E-state index < -0.39 is 0 Å². The van der Waals surface area contributed by atoms with Crippen LogP contribution in [-0.4, -0.2) is 29.0 Å². The maximum atomic E-state index is 6.23. The molecule has 5 nitrogen and oxygen atoms in total. The SMILES string of the molecule is Cc1ccccc1C(C)(C)c1noc(C2COCC3(CCC3)O2)n1. The summed E-state index contributed by atoms with van der Waals surface area (Å²) in [5, 5.41) is 4.25. The van der Waals surface area contributed by atoms with E-state index in [1.165, 1.54) is 17.5 Å². The average molecular weight is 328 g/mol. The summed E-state index contributed by atoms with van der Waals surface area (Å²) in [5.41, 5.74) is 1.98. The number of aromatic nitrogens is 2. The maximum absolute atomic E-state index is 6.23. The van der Waals surface area contributed by atoms with Crippen LogP contribution in [0.2, 0.25) is 0 Å². The number of rotatable bonds is 3. The molecule has 1 spiro atoms. The van der Waals surface area contributed by atoms with E-state index in [9.17, 15) is 0 Å². The van der Waals surface area contributed by atoms with Crippen LogP contribution >= 0.6 is 0 Å². The van der Waals surface area contributed by atoms with Gasteiger partial charge in [-0.2, -0.15) is 4.98 Å². The molecule has 5 heteroatoms. The summed E-state index contributed by atoms with van der Waals surface area (Å²) in [4.78, 5) is 4.66. The number of nitrogens with zero attached hydrogens (tertiary/aromatic N) is 2. The Bertz CT molecular complexity index is 734. The Hall–Kier alpha value is -1.72. The van der Waals surface area contributed by atoms with Crippen LogP contribution in [0.25, 0.3) is 0 Å². The van der Waals surface area contributed by atoms with Gasteiger partial charge in [-0.05, 0) is 51.2 Å². The quantitative estimate of drug-likeness (QED) is 0.859. The Morgan fingerprint density at radius 2 is 2.00 bits per heavy atom. The third-order valence-corrected chi connectivity index (χ3v) is 5.39. The predicted octanol–water partition coefficient (Wildman–Crippen LogP) is 3.71. The highest BCUT2D eigenvalue weighted by atomic mass is 16.6. The topological polar surface area (TPSA) is 57.4 Å². The zero-order chi connectivity index (χ0) is 16.8. The van der Waals surface area contributed by atoms with Crippen molar-refractivity contribution in [1.29, 1.82) is 0 Å². The Labute approximate surface area is 142 Å². The molecule has 128 valence electrons. The first-order chi connectivity index (χ1) is 11.5. The Balaban J connectivity index is 1.59. The molecular formula is C19H24N2O3. The Morgan fingerprint density at radius 3 is 2.71 bits per heavy atom. The van der Waals surface area contributed by atoms with Gasteiger partial charge in [0.2, 0.25) is 0 Å². The van der Waals surface area contributed by atoms with Crippen molar-refractivity contribution < 1.29 is 14.0 Å². The second-order valence-electron chi connectivity index (χ2n) is 7.55. The van der Waals surface area contributed by atoms with Gasteiger partial charge in [0.15, 0.2) is 11.9 Å². The average Bonchev–Trinajstić information content (AvgIpc) is 3.05. The van der Waals surface area contributed by atoms with E-state index >= 15 is 0 Å². The zero-order valence-corrected chi connectivity index (χ0v) is 14.5. The smallest absolute Gasteiger partial charge is 0.258 e. The van der Waals surface area contributed by atoms with Crippen molar-refractivity contribution in [3.05, 3.63) is 47.1 Å². The normalized spacial score (nSPS) is 23.2. The van der Waals surface area contributed by atoms with Gasteiger partial charge in [0.05, 0.1) is 24.2 Å². The summed E-state index contributed by atoms with van der Waals surface area (Å²) >= 11 is 0. The minimum atomic E-state index is -0.323. The van der Waals surface area contributed by atoms with Gasteiger partial charge in [-0.25, -0.2) is 0 Å². The number of ether oxygens (including phenoxy) is 2. The largest absolute Gasteiger partial charge is 0.375 e. The molecule has 0 radical (unpaired) electrons. The van der Waals surface area contributed by atoms with E-state index in [1.54, 1.807) is 0 Å². The highest BCUT2D eigenvalue weighted by Crippen LogP contribution is 2.42. The Kier molecular flexibility index (Phi) is 3.73. The third-order valence-electron chi connectivity index (χ3n) is 5.39. The van der Waals surface area contributed by atoms with E-state index in [0.717, 1.165) is 12.8 Å². The van der Waals surface area contributed by atoms with Gasteiger partial charge in [-0.15, -0.1) is 0 Å². The van der Waals surface area contributed by atoms with Gasteiger partial charge in [0, 0.05) is 0 Å². The molecule has 2 aromatic rings. The van der Waals surface area contributed by atoms with E-state index in [0.29, 0.717) is 24.9 Å². The van der Waals surface area contributed by atoms with Crippen molar-refractivity contribution in [2.45, 2.75) is 57.2 Å². The lowest BCUT2D eigenvalue weighted by molar-refractivity contribution is -0.236. The first-order valence-electron chi connectivity index (χ1n) is 8.66. The molecule has 24 heavy (non-hydrogen) atoms. The summed E-state index contributed by atoms with van der Waals surface area (Å²) in [6.07, 6.45) is 3.05. The predicted molar refractivity (Wildman–Crippen MR) is 88.8 cm³/mol. The maximum Gasteiger partial charge on any atom is 0.258 e. The molecule has 1 aliphatic heterocycles. The van der Waals surface area contributed by atoms with Crippen LogP contribution in [0.4, 0.5) is 0 Å². The summed E-state index contributed by atoms with van der Waals surface area (Å²) in [5.74, 6) is 1.21. The molecule has 1 aromatic carbocycles. The van der Waals surface area contributed by atoms with Crippen LogP contribution in [-0.2, 0) is 14.9 Å². The van der Waals surface area contributed by atoms with Crippen LogP contribution < -0.4 is 0 Å². The number of hydrogen-bond donors (Lipinski definition) is 0. The molecule has 1 saturated heterocycles. The van der Waals surface area contributed by atoms with Gasteiger partial charge in [0.1, 0.15) is 0 Å². The monoisotopic (exact) mass is 328 g/mol. The molecule has 2 aliphatic rings. The summed E-state index contributed by atoms with van der Waals surface area (Å²) in [6, 6.07) is 8.32. The first kappa shape index (κ1) is 15.8. The minimum absolute atomic E-state index is 0.122. The van der Waals surface area contributed by atoms with Gasteiger partial charge < -0.3 is 14.0 Å². The number of hydrogen-bond acceptors (Lipinski definition) is 5. The number of benzene rings is 1. The molecule has 0 N–H and O–H groups in total. The van der Waals surface area contributed by atoms with E-state index in [4.69, 9.17) is 14.0 Å². The first-order valence-corrected chi connectivity index (χ1v) is 8.66.